The second kappa shape index (κ2) is 6.67. The normalized spacial score (nSPS) is 21.4. The van der Waals surface area contributed by atoms with Crippen LogP contribution in [0, 0.1) is 11.8 Å². The molecule has 1 saturated carbocycles. The van der Waals surface area contributed by atoms with Crippen molar-refractivity contribution >= 4 is 34.2 Å². The van der Waals surface area contributed by atoms with E-state index < -0.39 is 0 Å². The lowest BCUT2D eigenvalue weighted by Crippen LogP contribution is -2.56. The van der Waals surface area contributed by atoms with E-state index in [0.717, 1.165) is 30.4 Å². The van der Waals surface area contributed by atoms with Gasteiger partial charge in [0.15, 0.2) is 0 Å². The van der Waals surface area contributed by atoms with Crippen molar-refractivity contribution in [3.8, 4) is 0 Å². The molecule has 1 amide bonds. The molecule has 1 aliphatic carbocycles. The van der Waals surface area contributed by atoms with Crippen molar-refractivity contribution in [2.75, 3.05) is 13.1 Å². The molecule has 1 heterocycles. The number of rotatable bonds is 4. The number of carbonyl (C=O) groups excluding carboxylic acids is 1. The highest BCUT2D eigenvalue weighted by Gasteiger charge is 2.41. The first-order chi connectivity index (χ1) is 9.61. The number of hydrogen-bond donors (Lipinski definition) is 2. The first-order valence-corrected chi connectivity index (χ1v) is 8.19. The van der Waals surface area contributed by atoms with Gasteiger partial charge in [0.2, 0.25) is 5.91 Å². The van der Waals surface area contributed by atoms with Gasteiger partial charge in [-0.2, -0.15) is 0 Å². The summed E-state index contributed by atoms with van der Waals surface area (Å²) in [6.07, 6.45) is 3.29. The predicted octanol–water partition coefficient (Wildman–Crippen LogP) is 3.22. The Hall–Kier alpha value is -0.580. The average Bonchev–Trinajstić information content (AvgIpc) is 2.32. The second-order valence-electron chi connectivity index (χ2n) is 6.14. The number of benzene rings is 1. The largest absolute Gasteiger partial charge is 0.346 e. The second-order valence-corrected chi connectivity index (χ2v) is 7.05. The molecule has 3 rings (SSSR count). The number of hydrogen-bond acceptors (Lipinski definition) is 2. The molecule has 0 aromatic heterocycles. The van der Waals surface area contributed by atoms with Crippen LogP contribution in [0.15, 0.2) is 28.7 Å². The van der Waals surface area contributed by atoms with Crippen LogP contribution in [0.2, 0.25) is 0 Å². The third kappa shape index (κ3) is 3.27. The molecule has 1 aromatic carbocycles. The zero-order valence-electron chi connectivity index (χ0n) is 12.2. The van der Waals surface area contributed by atoms with E-state index in [2.05, 4.69) is 57.8 Å². The summed E-state index contributed by atoms with van der Waals surface area (Å²) in [6.45, 7) is 3.99. The first kappa shape index (κ1) is 16.8. The topological polar surface area (TPSA) is 41.1 Å². The van der Waals surface area contributed by atoms with E-state index in [9.17, 15) is 4.79 Å². The van der Waals surface area contributed by atoms with Gasteiger partial charge in [-0.15, -0.1) is 12.4 Å². The smallest absolute Gasteiger partial charge is 0.223 e. The van der Waals surface area contributed by atoms with E-state index in [1.54, 1.807) is 0 Å². The van der Waals surface area contributed by atoms with Crippen molar-refractivity contribution in [2.45, 2.75) is 31.7 Å². The first-order valence-electron chi connectivity index (χ1n) is 7.39. The van der Waals surface area contributed by atoms with E-state index in [0.29, 0.717) is 5.92 Å². The van der Waals surface area contributed by atoms with Crippen LogP contribution >= 0.6 is 28.3 Å². The Kier molecular flexibility index (Phi) is 5.33. The fraction of sp³-hybridized carbons (Fsp3) is 0.562. The molecule has 1 saturated heterocycles. The molecule has 0 radical (unpaired) electrons. The molecule has 1 atom stereocenters. The van der Waals surface area contributed by atoms with Crippen molar-refractivity contribution in [3.63, 3.8) is 0 Å². The summed E-state index contributed by atoms with van der Waals surface area (Å²) < 4.78 is 1.08. The van der Waals surface area contributed by atoms with Gasteiger partial charge in [0.05, 0.1) is 5.54 Å². The zero-order valence-corrected chi connectivity index (χ0v) is 14.6. The lowest BCUT2D eigenvalue weighted by Gasteiger charge is -2.44. The quantitative estimate of drug-likeness (QED) is 0.851. The highest BCUT2D eigenvalue weighted by Crippen LogP contribution is 2.42. The van der Waals surface area contributed by atoms with Crippen LogP contribution in [0.4, 0.5) is 0 Å². The molecule has 116 valence electrons. The summed E-state index contributed by atoms with van der Waals surface area (Å²) in [5.41, 5.74) is 1.11. The SMILES string of the molecule is CC(C(=O)NC1(c2ccc(Br)cc2)CCC1)C1CNC1.Cl. The summed E-state index contributed by atoms with van der Waals surface area (Å²) in [7, 11) is 0. The molecule has 1 aliphatic heterocycles. The molecule has 1 unspecified atom stereocenters. The van der Waals surface area contributed by atoms with Crippen LogP contribution in [0.25, 0.3) is 0 Å². The van der Waals surface area contributed by atoms with Crippen molar-refractivity contribution in [1.29, 1.82) is 0 Å². The van der Waals surface area contributed by atoms with E-state index in [4.69, 9.17) is 0 Å². The van der Waals surface area contributed by atoms with Crippen molar-refractivity contribution in [3.05, 3.63) is 34.3 Å². The van der Waals surface area contributed by atoms with Gasteiger partial charge in [-0.1, -0.05) is 35.0 Å². The molecule has 2 fully saturated rings. The fourth-order valence-electron chi connectivity index (χ4n) is 3.01. The molecule has 3 nitrogen and oxygen atoms in total. The Morgan fingerprint density at radius 1 is 1.33 bits per heavy atom. The zero-order chi connectivity index (χ0) is 14.2. The van der Waals surface area contributed by atoms with E-state index >= 15 is 0 Å². The highest BCUT2D eigenvalue weighted by atomic mass is 79.9. The van der Waals surface area contributed by atoms with Gasteiger partial charge in [-0.3, -0.25) is 4.79 Å². The number of halogens is 2. The van der Waals surface area contributed by atoms with Gasteiger partial charge < -0.3 is 10.6 Å². The Morgan fingerprint density at radius 2 is 1.95 bits per heavy atom. The van der Waals surface area contributed by atoms with Gasteiger partial charge in [-0.05, 0) is 56.0 Å². The molecule has 0 spiro atoms. The van der Waals surface area contributed by atoms with Crippen LogP contribution in [0.1, 0.15) is 31.7 Å². The van der Waals surface area contributed by atoms with E-state index in [-0.39, 0.29) is 29.8 Å². The van der Waals surface area contributed by atoms with Crippen molar-refractivity contribution in [1.82, 2.24) is 10.6 Å². The maximum atomic E-state index is 12.5. The van der Waals surface area contributed by atoms with Crippen LogP contribution < -0.4 is 10.6 Å². The monoisotopic (exact) mass is 372 g/mol. The van der Waals surface area contributed by atoms with Gasteiger partial charge in [0.25, 0.3) is 0 Å². The minimum absolute atomic E-state index is 0. The minimum atomic E-state index is -0.122. The summed E-state index contributed by atoms with van der Waals surface area (Å²) in [6, 6.07) is 8.36. The Bertz CT molecular complexity index is 498. The van der Waals surface area contributed by atoms with Gasteiger partial charge in [0.1, 0.15) is 0 Å². The highest BCUT2D eigenvalue weighted by molar-refractivity contribution is 9.10. The van der Waals surface area contributed by atoms with E-state index in [1.807, 2.05) is 0 Å². The third-order valence-electron chi connectivity index (χ3n) is 4.90. The fourth-order valence-corrected chi connectivity index (χ4v) is 3.28. The molecular formula is C16H22BrClN2O. The molecule has 2 N–H and O–H groups in total. The van der Waals surface area contributed by atoms with Crippen molar-refractivity contribution < 1.29 is 4.79 Å². The van der Waals surface area contributed by atoms with Crippen LogP contribution in [0.3, 0.4) is 0 Å². The van der Waals surface area contributed by atoms with Crippen molar-refractivity contribution in [2.24, 2.45) is 11.8 Å². The molecule has 0 bridgehead atoms. The molecular weight excluding hydrogens is 352 g/mol. The summed E-state index contributed by atoms with van der Waals surface area (Å²) in [4.78, 5) is 12.5. The van der Waals surface area contributed by atoms with Crippen LogP contribution in [0.5, 0.6) is 0 Å². The molecule has 21 heavy (non-hydrogen) atoms. The molecule has 5 heteroatoms. The van der Waals surface area contributed by atoms with Gasteiger partial charge in [0, 0.05) is 10.4 Å². The lowest BCUT2D eigenvalue weighted by molar-refractivity contribution is -0.130. The molecule has 2 aliphatic rings. The predicted molar refractivity (Wildman–Crippen MR) is 90.6 cm³/mol. The number of carbonyl (C=O) groups is 1. The molecule has 1 aromatic rings. The summed E-state index contributed by atoms with van der Waals surface area (Å²) in [5, 5.41) is 6.57. The standard InChI is InChI=1S/C16H21BrN2O.ClH/c1-11(12-9-18-10-12)15(20)19-16(7-2-8-16)13-3-5-14(17)6-4-13;/h3-6,11-12,18H,2,7-10H2,1H3,(H,19,20);1H. The summed E-state index contributed by atoms with van der Waals surface area (Å²) in [5.74, 6) is 0.806. The van der Waals surface area contributed by atoms with Crippen LogP contribution in [-0.4, -0.2) is 19.0 Å². The Balaban J connectivity index is 0.00000161. The Morgan fingerprint density at radius 3 is 2.38 bits per heavy atom. The van der Waals surface area contributed by atoms with Gasteiger partial charge in [-0.25, -0.2) is 0 Å². The average molecular weight is 374 g/mol. The number of amides is 1. The minimum Gasteiger partial charge on any atom is -0.346 e. The third-order valence-corrected chi connectivity index (χ3v) is 5.43. The van der Waals surface area contributed by atoms with Crippen LogP contribution in [-0.2, 0) is 10.3 Å². The lowest BCUT2D eigenvalue weighted by atomic mass is 9.71. The maximum absolute atomic E-state index is 12.5. The summed E-state index contributed by atoms with van der Waals surface area (Å²) >= 11 is 3.47. The number of nitrogens with one attached hydrogen (secondary N) is 2. The van der Waals surface area contributed by atoms with E-state index in [1.165, 1.54) is 12.0 Å². The maximum Gasteiger partial charge on any atom is 0.223 e. The Labute approximate surface area is 140 Å². The van der Waals surface area contributed by atoms with Gasteiger partial charge >= 0.3 is 0 Å².